The molecular formula is C14H26N2O3. The number of nitrogens with zero attached hydrogens (tertiary/aromatic N) is 1. The molecule has 0 atom stereocenters. The highest BCUT2D eigenvalue weighted by atomic mass is 16.5. The molecule has 0 aromatic rings. The number of esters is 1. The first kappa shape index (κ1) is 16.0. The molecule has 1 aliphatic rings. The molecule has 0 saturated carbocycles. The lowest BCUT2D eigenvalue weighted by Gasteiger charge is -2.32. The van der Waals surface area contributed by atoms with Gasteiger partial charge >= 0.3 is 5.97 Å². The number of ether oxygens (including phenoxy) is 1. The molecule has 1 rings (SSSR count). The number of piperidine rings is 1. The Labute approximate surface area is 115 Å². The van der Waals surface area contributed by atoms with Gasteiger partial charge in [0.25, 0.3) is 0 Å². The number of carbonyl (C=O) groups is 2. The number of carbonyl (C=O) groups excluding carboxylic acids is 2. The zero-order valence-corrected chi connectivity index (χ0v) is 12.1. The zero-order valence-electron chi connectivity index (χ0n) is 12.1. The summed E-state index contributed by atoms with van der Waals surface area (Å²) in [6, 6.07) is 0.266. The van der Waals surface area contributed by atoms with Gasteiger partial charge in [-0.1, -0.05) is 6.92 Å². The molecule has 19 heavy (non-hydrogen) atoms. The second-order valence-corrected chi connectivity index (χ2v) is 4.99. The van der Waals surface area contributed by atoms with Gasteiger partial charge in [-0.25, -0.2) is 0 Å². The van der Waals surface area contributed by atoms with Crippen molar-refractivity contribution in [1.29, 1.82) is 0 Å². The number of likely N-dealkylation sites (tertiary alicyclic amines) is 1. The molecule has 110 valence electrons. The van der Waals surface area contributed by atoms with Crippen LogP contribution in [0.3, 0.4) is 0 Å². The topological polar surface area (TPSA) is 58.6 Å². The van der Waals surface area contributed by atoms with Gasteiger partial charge in [0, 0.05) is 25.6 Å². The molecule has 1 saturated heterocycles. The summed E-state index contributed by atoms with van der Waals surface area (Å²) in [4.78, 5) is 25.3. The number of rotatable bonds is 7. The van der Waals surface area contributed by atoms with E-state index in [1.54, 1.807) is 6.92 Å². The standard InChI is InChI=1S/C14H26N2O3/c1-3-9-16-10-7-12(8-11-16)15-13(17)5-6-14(18)19-4-2/h12H,3-11H2,1-2H3,(H,15,17). The Morgan fingerprint density at radius 2 is 1.89 bits per heavy atom. The Bertz CT molecular complexity index is 286. The molecule has 5 heteroatoms. The second kappa shape index (κ2) is 8.91. The van der Waals surface area contributed by atoms with E-state index < -0.39 is 0 Å². The van der Waals surface area contributed by atoms with Crippen LogP contribution in [0.2, 0.25) is 0 Å². The van der Waals surface area contributed by atoms with Crippen molar-refractivity contribution in [1.82, 2.24) is 10.2 Å². The van der Waals surface area contributed by atoms with E-state index in [2.05, 4.69) is 17.1 Å². The molecule has 0 aromatic carbocycles. The molecule has 0 radical (unpaired) electrons. The third kappa shape index (κ3) is 6.57. The predicted molar refractivity (Wildman–Crippen MR) is 73.8 cm³/mol. The molecule has 1 aliphatic heterocycles. The van der Waals surface area contributed by atoms with E-state index in [4.69, 9.17) is 4.74 Å². The van der Waals surface area contributed by atoms with Crippen molar-refractivity contribution >= 4 is 11.9 Å². The quantitative estimate of drug-likeness (QED) is 0.709. The SMILES string of the molecule is CCCN1CCC(NC(=O)CCC(=O)OCC)CC1. The summed E-state index contributed by atoms with van der Waals surface area (Å²) in [6.07, 6.45) is 3.59. The minimum Gasteiger partial charge on any atom is -0.466 e. The van der Waals surface area contributed by atoms with Crippen molar-refractivity contribution in [2.75, 3.05) is 26.2 Å². The first-order valence-electron chi connectivity index (χ1n) is 7.33. The van der Waals surface area contributed by atoms with Crippen LogP contribution < -0.4 is 5.32 Å². The van der Waals surface area contributed by atoms with Crippen molar-refractivity contribution in [2.45, 2.75) is 52.0 Å². The van der Waals surface area contributed by atoms with Crippen LogP contribution in [-0.2, 0) is 14.3 Å². The molecule has 0 bridgehead atoms. The van der Waals surface area contributed by atoms with Gasteiger partial charge in [-0.05, 0) is 32.7 Å². The first-order valence-corrected chi connectivity index (χ1v) is 7.33. The third-order valence-corrected chi connectivity index (χ3v) is 3.35. The molecule has 1 N–H and O–H groups in total. The normalized spacial score (nSPS) is 17.2. The lowest BCUT2D eigenvalue weighted by atomic mass is 10.0. The summed E-state index contributed by atoms with van der Waals surface area (Å²) in [5.41, 5.74) is 0. The monoisotopic (exact) mass is 270 g/mol. The molecule has 0 aliphatic carbocycles. The number of hydrogen-bond acceptors (Lipinski definition) is 4. The van der Waals surface area contributed by atoms with Gasteiger partial charge in [0.05, 0.1) is 13.0 Å². The average molecular weight is 270 g/mol. The third-order valence-electron chi connectivity index (χ3n) is 3.35. The van der Waals surface area contributed by atoms with E-state index in [9.17, 15) is 9.59 Å². The Morgan fingerprint density at radius 3 is 2.47 bits per heavy atom. The summed E-state index contributed by atoms with van der Waals surface area (Å²) in [5, 5.41) is 3.01. The van der Waals surface area contributed by atoms with Gasteiger partial charge in [0.15, 0.2) is 0 Å². The number of nitrogens with one attached hydrogen (secondary N) is 1. The van der Waals surface area contributed by atoms with Gasteiger partial charge in [-0.3, -0.25) is 9.59 Å². The number of hydrogen-bond donors (Lipinski definition) is 1. The summed E-state index contributed by atoms with van der Waals surface area (Å²) < 4.78 is 4.80. The molecule has 1 amide bonds. The van der Waals surface area contributed by atoms with Crippen molar-refractivity contribution < 1.29 is 14.3 Å². The van der Waals surface area contributed by atoms with Gasteiger partial charge in [0.2, 0.25) is 5.91 Å². The van der Waals surface area contributed by atoms with E-state index in [1.165, 1.54) is 6.42 Å². The van der Waals surface area contributed by atoms with Crippen LogP contribution in [0.5, 0.6) is 0 Å². The summed E-state index contributed by atoms with van der Waals surface area (Å²) in [5.74, 6) is -0.336. The van der Waals surface area contributed by atoms with Crippen LogP contribution in [0, 0.1) is 0 Å². The van der Waals surface area contributed by atoms with Crippen LogP contribution in [0.1, 0.15) is 46.0 Å². The number of amides is 1. The fraction of sp³-hybridized carbons (Fsp3) is 0.857. The maximum Gasteiger partial charge on any atom is 0.306 e. The molecular weight excluding hydrogens is 244 g/mol. The predicted octanol–water partition coefficient (Wildman–Crippen LogP) is 1.32. The minimum atomic E-state index is -0.296. The van der Waals surface area contributed by atoms with Crippen LogP contribution in [-0.4, -0.2) is 49.1 Å². The lowest BCUT2D eigenvalue weighted by Crippen LogP contribution is -2.44. The first-order chi connectivity index (χ1) is 9.15. The van der Waals surface area contributed by atoms with Crippen LogP contribution in [0.4, 0.5) is 0 Å². The molecule has 5 nitrogen and oxygen atoms in total. The van der Waals surface area contributed by atoms with E-state index in [0.29, 0.717) is 6.61 Å². The second-order valence-electron chi connectivity index (χ2n) is 4.99. The highest BCUT2D eigenvalue weighted by Gasteiger charge is 2.20. The zero-order chi connectivity index (χ0) is 14.1. The van der Waals surface area contributed by atoms with E-state index in [1.807, 2.05) is 0 Å². The van der Waals surface area contributed by atoms with Crippen molar-refractivity contribution in [3.63, 3.8) is 0 Å². The van der Waals surface area contributed by atoms with Gasteiger partial charge in [0.1, 0.15) is 0 Å². The fourth-order valence-corrected chi connectivity index (χ4v) is 2.37. The van der Waals surface area contributed by atoms with E-state index >= 15 is 0 Å². The average Bonchev–Trinajstić information content (AvgIpc) is 2.39. The maximum atomic E-state index is 11.7. The summed E-state index contributed by atoms with van der Waals surface area (Å²) in [7, 11) is 0. The van der Waals surface area contributed by atoms with Gasteiger partial charge < -0.3 is 15.0 Å². The van der Waals surface area contributed by atoms with E-state index in [-0.39, 0.29) is 30.8 Å². The lowest BCUT2D eigenvalue weighted by molar-refractivity contribution is -0.144. The Hall–Kier alpha value is -1.10. The van der Waals surface area contributed by atoms with E-state index in [0.717, 1.165) is 32.5 Å². The van der Waals surface area contributed by atoms with Crippen LogP contribution in [0.15, 0.2) is 0 Å². The van der Waals surface area contributed by atoms with Gasteiger partial charge in [-0.2, -0.15) is 0 Å². The Balaban J connectivity index is 2.14. The molecule has 0 spiro atoms. The van der Waals surface area contributed by atoms with Crippen molar-refractivity contribution in [3.05, 3.63) is 0 Å². The van der Waals surface area contributed by atoms with Crippen molar-refractivity contribution in [2.24, 2.45) is 0 Å². The molecule has 1 fully saturated rings. The highest BCUT2D eigenvalue weighted by Crippen LogP contribution is 2.10. The maximum absolute atomic E-state index is 11.7. The smallest absolute Gasteiger partial charge is 0.306 e. The van der Waals surface area contributed by atoms with Crippen LogP contribution in [0.25, 0.3) is 0 Å². The Morgan fingerprint density at radius 1 is 1.21 bits per heavy atom. The van der Waals surface area contributed by atoms with Crippen LogP contribution >= 0.6 is 0 Å². The summed E-state index contributed by atoms with van der Waals surface area (Å²) in [6.45, 7) is 7.57. The summed E-state index contributed by atoms with van der Waals surface area (Å²) >= 11 is 0. The highest BCUT2D eigenvalue weighted by molar-refractivity contribution is 5.81. The fourth-order valence-electron chi connectivity index (χ4n) is 2.37. The molecule has 1 heterocycles. The van der Waals surface area contributed by atoms with Gasteiger partial charge in [-0.15, -0.1) is 0 Å². The Kier molecular flexibility index (Phi) is 7.48. The molecule has 0 aromatic heterocycles. The minimum absolute atomic E-state index is 0.0398. The molecule has 0 unspecified atom stereocenters. The largest absolute Gasteiger partial charge is 0.466 e. The van der Waals surface area contributed by atoms with Crippen molar-refractivity contribution in [3.8, 4) is 0 Å².